The summed E-state index contributed by atoms with van der Waals surface area (Å²) in [7, 11) is 0. The van der Waals surface area contributed by atoms with Gasteiger partial charge in [-0.1, -0.05) is 206 Å². The fourth-order valence-corrected chi connectivity index (χ4v) is 10.7. The van der Waals surface area contributed by atoms with Crippen molar-refractivity contribution >= 4 is 52.5 Å². The van der Waals surface area contributed by atoms with Crippen molar-refractivity contribution in [1.82, 2.24) is 0 Å². The topological polar surface area (TPSA) is 9.72 Å². The lowest BCUT2D eigenvalue weighted by Crippen LogP contribution is -2.31. The van der Waals surface area contributed by atoms with Gasteiger partial charge in [-0.05, 0) is 148 Å². The zero-order valence-electron chi connectivity index (χ0n) is 46.3. The average molecular weight is 984 g/mol. The number of rotatable bonds is 13. The first-order chi connectivity index (χ1) is 34.5. The van der Waals surface area contributed by atoms with Crippen molar-refractivity contribution in [3.05, 3.63) is 216 Å². The average Bonchev–Trinajstić information content (AvgIpc) is 3.35. The van der Waals surface area contributed by atoms with Crippen LogP contribution in [0.1, 0.15) is 138 Å². The van der Waals surface area contributed by atoms with Gasteiger partial charge in [-0.25, -0.2) is 0 Å². The van der Waals surface area contributed by atoms with Gasteiger partial charge in [-0.2, -0.15) is 0 Å². The van der Waals surface area contributed by atoms with Crippen LogP contribution in [-0.2, 0) is 17.3 Å². The van der Waals surface area contributed by atoms with Gasteiger partial charge in [0.25, 0.3) is 0 Å². The highest BCUT2D eigenvalue weighted by atomic mass is 32.1. The summed E-state index contributed by atoms with van der Waals surface area (Å²) in [6.45, 7) is 34.9. The summed E-state index contributed by atoms with van der Waals surface area (Å²) in [5.74, 6) is 0. The van der Waals surface area contributed by atoms with Crippen LogP contribution in [0.15, 0.2) is 198 Å². The number of thiol groups is 1. The summed E-state index contributed by atoms with van der Waals surface area (Å²) in [5, 5.41) is 0. The molecule has 0 amide bonds. The Balaban J connectivity index is 1.33. The minimum Gasteiger partial charge on any atom is -0.334 e. The van der Waals surface area contributed by atoms with Gasteiger partial charge in [0.1, 0.15) is 0 Å². The summed E-state index contributed by atoms with van der Waals surface area (Å²) in [6.07, 6.45) is 16.7. The first-order valence-corrected chi connectivity index (χ1v) is 27.2. The number of hydrogen-bond acceptors (Lipinski definition) is 4. The predicted molar refractivity (Wildman–Crippen MR) is 322 cm³/mol. The van der Waals surface area contributed by atoms with E-state index in [1.165, 1.54) is 44.9 Å². The Morgan fingerprint density at radius 1 is 0.575 bits per heavy atom. The van der Waals surface area contributed by atoms with Gasteiger partial charge in [0.15, 0.2) is 0 Å². The molecule has 0 radical (unpaired) electrons. The van der Waals surface area contributed by atoms with Crippen LogP contribution in [0.5, 0.6) is 0 Å². The van der Waals surface area contributed by atoms with Gasteiger partial charge in [-0.3, -0.25) is 0 Å². The smallest absolute Gasteiger partial charge is 0.0560 e. The maximum absolute atomic E-state index is 5.14. The summed E-state index contributed by atoms with van der Waals surface area (Å²) in [4.78, 5) is 8.41. The molecule has 0 saturated heterocycles. The van der Waals surface area contributed by atoms with Crippen molar-refractivity contribution in [2.24, 2.45) is 10.8 Å². The van der Waals surface area contributed by atoms with E-state index < -0.39 is 0 Å². The Morgan fingerprint density at radius 3 is 1.75 bits per heavy atom. The molecule has 0 heterocycles. The molecule has 6 aromatic carbocycles. The monoisotopic (exact) mass is 984 g/mol. The van der Waals surface area contributed by atoms with Crippen LogP contribution < -0.4 is 14.7 Å². The molecule has 0 spiro atoms. The highest BCUT2D eigenvalue weighted by Crippen LogP contribution is 2.47. The van der Waals surface area contributed by atoms with Crippen LogP contribution in [0.25, 0.3) is 16.8 Å². The SMILES string of the molecule is C=C(c1cc(-c2ccccc2)ccc1S)N(c1ccc(C(C)(C)C)cc1)c1cccc(N(C2=CC=C(C(C)(C)C)CC2)c2cccc(N(c3ccc(C(C)(C)C)cc3)C3C=CC(C(C)(C)C)=CC3)c2)c1CCC. The van der Waals surface area contributed by atoms with Crippen LogP contribution in [0, 0.1) is 10.8 Å². The molecule has 0 bridgehead atoms. The minimum absolute atomic E-state index is 0.00476. The van der Waals surface area contributed by atoms with Crippen molar-refractivity contribution < 1.29 is 0 Å². The largest absolute Gasteiger partial charge is 0.334 e. The highest BCUT2D eigenvalue weighted by molar-refractivity contribution is 7.80. The number of anilines is 6. The minimum atomic E-state index is 0.00476. The molecule has 3 nitrogen and oxygen atoms in total. The lowest BCUT2D eigenvalue weighted by Gasteiger charge is -2.38. The zero-order chi connectivity index (χ0) is 52.5. The van der Waals surface area contributed by atoms with Crippen molar-refractivity contribution in [1.29, 1.82) is 0 Å². The quantitative estimate of drug-likeness (QED) is 0.116. The van der Waals surface area contributed by atoms with E-state index in [2.05, 4.69) is 275 Å². The van der Waals surface area contributed by atoms with E-state index in [-0.39, 0.29) is 27.7 Å². The zero-order valence-corrected chi connectivity index (χ0v) is 47.2. The molecule has 0 saturated carbocycles. The van der Waals surface area contributed by atoms with Gasteiger partial charge in [0, 0.05) is 50.2 Å². The van der Waals surface area contributed by atoms with E-state index in [1.54, 1.807) is 0 Å². The second-order valence-corrected chi connectivity index (χ2v) is 24.9. The Morgan fingerprint density at radius 2 is 1.19 bits per heavy atom. The molecule has 8 rings (SSSR count). The van der Waals surface area contributed by atoms with Gasteiger partial charge >= 0.3 is 0 Å². The summed E-state index contributed by atoms with van der Waals surface area (Å²) < 4.78 is 0. The van der Waals surface area contributed by atoms with Crippen LogP contribution in [0.2, 0.25) is 0 Å². The molecule has 2 aliphatic carbocycles. The Kier molecular flexibility index (Phi) is 15.5. The third kappa shape index (κ3) is 11.9. The van der Waals surface area contributed by atoms with Gasteiger partial charge < -0.3 is 14.7 Å². The van der Waals surface area contributed by atoms with Crippen molar-refractivity contribution in [2.45, 2.75) is 144 Å². The number of benzene rings is 6. The van der Waals surface area contributed by atoms with Crippen molar-refractivity contribution in [2.75, 3.05) is 14.7 Å². The molecule has 0 aliphatic heterocycles. The molecular weight excluding hydrogens is 903 g/mol. The van der Waals surface area contributed by atoms with E-state index in [0.717, 1.165) is 82.1 Å². The van der Waals surface area contributed by atoms with E-state index >= 15 is 0 Å². The van der Waals surface area contributed by atoms with E-state index in [1.807, 2.05) is 0 Å². The second kappa shape index (κ2) is 21.3. The summed E-state index contributed by atoms with van der Waals surface area (Å²) in [6, 6.07) is 51.9. The third-order valence-corrected chi connectivity index (χ3v) is 15.2. The maximum atomic E-state index is 5.14. The molecule has 73 heavy (non-hydrogen) atoms. The van der Waals surface area contributed by atoms with Gasteiger partial charge in [0.05, 0.1) is 17.4 Å². The van der Waals surface area contributed by atoms with Crippen LogP contribution in [-0.4, -0.2) is 6.04 Å². The van der Waals surface area contributed by atoms with Crippen molar-refractivity contribution in [3.63, 3.8) is 0 Å². The molecule has 1 unspecified atom stereocenters. The van der Waals surface area contributed by atoms with Gasteiger partial charge in [0.2, 0.25) is 0 Å². The molecule has 1 atom stereocenters. The summed E-state index contributed by atoms with van der Waals surface area (Å²) in [5.41, 5.74) is 19.3. The molecule has 4 heteroatoms. The number of nitrogens with zero attached hydrogens (tertiary/aromatic N) is 3. The Labute approximate surface area is 446 Å². The van der Waals surface area contributed by atoms with Gasteiger partial charge in [-0.15, -0.1) is 12.6 Å². The Bertz CT molecular complexity index is 3050. The third-order valence-electron chi connectivity index (χ3n) is 14.8. The molecule has 0 aromatic heterocycles. The highest BCUT2D eigenvalue weighted by Gasteiger charge is 2.30. The Hall–Kier alpha value is -6.23. The molecule has 2 aliphatic rings. The summed E-state index contributed by atoms with van der Waals surface area (Å²) >= 11 is 5.14. The maximum Gasteiger partial charge on any atom is 0.0560 e. The molecule has 6 aromatic rings. The van der Waals surface area contributed by atoms with Crippen LogP contribution in [0.4, 0.5) is 34.1 Å². The van der Waals surface area contributed by atoms with Crippen LogP contribution in [0.3, 0.4) is 0 Å². The van der Waals surface area contributed by atoms with Crippen molar-refractivity contribution in [3.8, 4) is 11.1 Å². The lowest BCUT2D eigenvalue weighted by molar-refractivity contribution is 0.479. The lowest BCUT2D eigenvalue weighted by atomic mass is 9.81. The second-order valence-electron chi connectivity index (χ2n) is 24.4. The van der Waals surface area contributed by atoms with Crippen LogP contribution >= 0.6 is 12.6 Å². The first-order valence-electron chi connectivity index (χ1n) is 26.7. The van der Waals surface area contributed by atoms with E-state index in [0.29, 0.717) is 0 Å². The number of hydrogen-bond donors (Lipinski definition) is 1. The normalized spacial score (nSPS) is 15.3. The molecular formula is C69H81N3S. The number of allylic oxidation sites excluding steroid dienone is 6. The van der Waals surface area contributed by atoms with E-state index in [9.17, 15) is 0 Å². The molecule has 0 fully saturated rings. The first kappa shape index (κ1) is 53.1. The van der Waals surface area contributed by atoms with E-state index in [4.69, 9.17) is 19.2 Å². The fourth-order valence-electron chi connectivity index (χ4n) is 10.4. The fraction of sp³-hybridized carbons (Fsp3) is 0.333. The molecule has 0 N–H and O–H groups in total. The standard InChI is InChI=1S/C69H81N3S/c1-15-21-61-63(70(55-37-29-51(30-38-55)66(3,4)5)48(2)62-46-50(28-45-65(62)73)49-22-17-16-18-23-49)26-20-27-64(61)72(58-43-35-54(36-44-58)69(12,13)14)60-25-19-24-59(47-60)71(56-39-31-52(32-40-56)67(6,7)8)57-41-33-53(34-42-57)68(9,10)11/h16-20,22-35,37-41,43,45-47,57,73H,2,15,21,36,42,44H2,1,3-14H3. The predicted octanol–water partition coefficient (Wildman–Crippen LogP) is 20.2. The molecule has 378 valence electrons.